The number of hydrogen-bond donors (Lipinski definition) is 4. The summed E-state index contributed by atoms with van der Waals surface area (Å²) in [5, 5.41) is 10.5. The van der Waals surface area contributed by atoms with Crippen molar-refractivity contribution < 1.29 is 29.1 Å². The number of rotatable bonds is 6. The number of phosphoric acid groups is 1. The van der Waals surface area contributed by atoms with Crippen molar-refractivity contribution in [2.75, 3.05) is 7.05 Å². The van der Waals surface area contributed by atoms with Gasteiger partial charge in [0, 0.05) is 24.1 Å². The van der Waals surface area contributed by atoms with Gasteiger partial charge in [0.25, 0.3) is 0 Å². The quantitative estimate of drug-likeness (QED) is 0.406. The minimum absolute atomic E-state index is 0.210. The third kappa shape index (κ3) is 8.48. The molecule has 2 aromatic rings. The molecule has 7 nitrogen and oxygen atoms in total. The number of carbonyl (C=O) groups excluding carboxylic acids is 1. The van der Waals surface area contributed by atoms with Crippen LogP contribution < -0.4 is 0 Å². The number of likely N-dealkylation sites (tertiary alicyclic amines) is 1. The van der Waals surface area contributed by atoms with Gasteiger partial charge in [-0.3, -0.25) is 9.69 Å². The maximum atomic E-state index is 12.5. The maximum absolute atomic E-state index is 12.5. The van der Waals surface area contributed by atoms with Gasteiger partial charge in [-0.1, -0.05) is 67.1 Å². The first-order chi connectivity index (χ1) is 14.1. The Morgan fingerprint density at radius 3 is 2.07 bits per heavy atom. The summed E-state index contributed by atoms with van der Waals surface area (Å²) in [7, 11) is -2.54. The highest BCUT2D eigenvalue weighted by Crippen LogP contribution is 2.30. The zero-order valence-corrected chi connectivity index (χ0v) is 17.9. The standard InChI is InChI=1S/C22H27NO2.H3O4P/c1-23-19(15-21(24)17-9-4-2-5-10-17)13-8-14-20(23)16-22(25)18-11-6-3-7-12-18;1-5(2,3)4/h2-7,9-12,19-21,24H,8,13-16H2,1H3;(H3,1,2,3,4)/t19-,20+,21-;/m0./s1. The van der Waals surface area contributed by atoms with E-state index in [9.17, 15) is 9.90 Å². The summed E-state index contributed by atoms with van der Waals surface area (Å²) in [6.07, 6.45) is 4.07. The molecule has 2 aromatic carbocycles. The van der Waals surface area contributed by atoms with E-state index >= 15 is 0 Å². The number of Topliss-reactive ketones (excluding diaryl/α,β-unsaturated/α-hetero) is 1. The molecule has 3 rings (SSSR count). The highest BCUT2D eigenvalue weighted by molar-refractivity contribution is 7.45. The Labute approximate surface area is 177 Å². The Morgan fingerprint density at radius 1 is 1.00 bits per heavy atom. The summed E-state index contributed by atoms with van der Waals surface area (Å²) in [6.45, 7) is 0. The topological polar surface area (TPSA) is 118 Å². The summed E-state index contributed by atoms with van der Waals surface area (Å²) >= 11 is 0. The third-order valence-corrected chi connectivity index (χ3v) is 5.42. The summed E-state index contributed by atoms with van der Waals surface area (Å²) in [5.41, 5.74) is 1.76. The van der Waals surface area contributed by atoms with Crippen LogP contribution in [0.2, 0.25) is 0 Å². The van der Waals surface area contributed by atoms with Gasteiger partial charge in [-0.2, -0.15) is 0 Å². The summed E-state index contributed by atoms with van der Waals surface area (Å²) in [5.74, 6) is 0.210. The van der Waals surface area contributed by atoms with Crippen LogP contribution in [-0.2, 0) is 4.57 Å². The van der Waals surface area contributed by atoms with E-state index in [1.807, 2.05) is 60.7 Å². The number of ketones is 1. The molecule has 1 aliphatic heterocycles. The molecule has 0 aromatic heterocycles. The van der Waals surface area contributed by atoms with Gasteiger partial charge in [-0.25, -0.2) is 4.57 Å². The molecule has 3 atom stereocenters. The van der Waals surface area contributed by atoms with Crippen molar-refractivity contribution in [2.45, 2.75) is 50.3 Å². The van der Waals surface area contributed by atoms with Crippen LogP contribution in [0.25, 0.3) is 0 Å². The molecule has 0 bridgehead atoms. The molecule has 0 spiro atoms. The second kappa shape index (κ2) is 11.5. The fraction of sp³-hybridized carbons (Fsp3) is 0.409. The Morgan fingerprint density at radius 2 is 1.50 bits per heavy atom. The Balaban J connectivity index is 0.000000575. The van der Waals surface area contributed by atoms with Gasteiger partial charge in [-0.15, -0.1) is 0 Å². The highest BCUT2D eigenvalue weighted by atomic mass is 31.2. The Kier molecular flexibility index (Phi) is 9.37. The molecule has 0 amide bonds. The van der Waals surface area contributed by atoms with E-state index in [0.29, 0.717) is 12.5 Å². The van der Waals surface area contributed by atoms with E-state index in [1.165, 1.54) is 0 Å². The first-order valence-corrected chi connectivity index (χ1v) is 11.5. The van der Waals surface area contributed by atoms with Crippen molar-refractivity contribution in [3.05, 3.63) is 71.8 Å². The van der Waals surface area contributed by atoms with E-state index in [2.05, 4.69) is 11.9 Å². The molecular weight excluding hydrogens is 405 g/mol. The third-order valence-electron chi connectivity index (χ3n) is 5.42. The zero-order valence-electron chi connectivity index (χ0n) is 17.0. The second-order valence-corrected chi connectivity index (χ2v) is 8.60. The number of carbonyl (C=O) groups is 1. The van der Waals surface area contributed by atoms with E-state index < -0.39 is 13.9 Å². The van der Waals surface area contributed by atoms with Crippen LogP contribution in [0.4, 0.5) is 0 Å². The van der Waals surface area contributed by atoms with E-state index in [4.69, 9.17) is 19.2 Å². The van der Waals surface area contributed by atoms with Gasteiger partial charge in [0.05, 0.1) is 6.10 Å². The van der Waals surface area contributed by atoms with Crippen LogP contribution in [0.5, 0.6) is 0 Å². The van der Waals surface area contributed by atoms with E-state index in [-0.39, 0.29) is 11.8 Å². The number of benzene rings is 2. The summed E-state index contributed by atoms with van der Waals surface area (Å²) in [6, 6.07) is 20.0. The monoisotopic (exact) mass is 435 g/mol. The van der Waals surface area contributed by atoms with Crippen molar-refractivity contribution in [1.29, 1.82) is 0 Å². The van der Waals surface area contributed by atoms with Crippen LogP contribution in [0.3, 0.4) is 0 Å². The van der Waals surface area contributed by atoms with E-state index in [0.717, 1.165) is 36.8 Å². The fourth-order valence-corrected chi connectivity index (χ4v) is 3.85. The fourth-order valence-electron chi connectivity index (χ4n) is 3.85. The van der Waals surface area contributed by atoms with Gasteiger partial charge in [0.1, 0.15) is 0 Å². The minimum Gasteiger partial charge on any atom is -0.388 e. The normalized spacial score (nSPS) is 20.7. The first-order valence-electron chi connectivity index (χ1n) is 9.96. The predicted octanol–water partition coefficient (Wildman–Crippen LogP) is 3.31. The van der Waals surface area contributed by atoms with Gasteiger partial charge in [0.2, 0.25) is 0 Å². The molecule has 164 valence electrons. The van der Waals surface area contributed by atoms with Crippen LogP contribution in [0, 0.1) is 0 Å². The van der Waals surface area contributed by atoms with Crippen LogP contribution in [0.1, 0.15) is 54.1 Å². The minimum atomic E-state index is -4.64. The molecule has 0 saturated carbocycles. The maximum Gasteiger partial charge on any atom is 0.466 e. The lowest BCUT2D eigenvalue weighted by atomic mass is 9.88. The van der Waals surface area contributed by atoms with Crippen molar-refractivity contribution >= 4 is 13.6 Å². The van der Waals surface area contributed by atoms with Crippen molar-refractivity contribution in [2.24, 2.45) is 0 Å². The van der Waals surface area contributed by atoms with Gasteiger partial charge in [0.15, 0.2) is 5.78 Å². The molecule has 0 radical (unpaired) electrons. The number of aliphatic hydroxyl groups excluding tert-OH is 1. The SMILES string of the molecule is CN1[C@@H](CC(=O)c2ccccc2)CCC[C@H]1C[C@H](O)c1ccccc1.O=P(O)(O)O. The number of aliphatic hydroxyl groups is 1. The smallest absolute Gasteiger partial charge is 0.388 e. The average Bonchev–Trinajstić information content (AvgIpc) is 2.71. The number of hydrogen-bond acceptors (Lipinski definition) is 4. The molecule has 0 unspecified atom stereocenters. The first kappa shape index (κ1) is 24.4. The molecule has 0 aliphatic carbocycles. The largest absolute Gasteiger partial charge is 0.466 e. The van der Waals surface area contributed by atoms with Crippen LogP contribution in [-0.4, -0.2) is 49.6 Å². The van der Waals surface area contributed by atoms with Crippen molar-refractivity contribution in [3.63, 3.8) is 0 Å². The molecule has 8 heteroatoms. The molecule has 30 heavy (non-hydrogen) atoms. The lowest BCUT2D eigenvalue weighted by Gasteiger charge is -2.40. The number of nitrogens with zero attached hydrogens (tertiary/aromatic N) is 1. The second-order valence-electron chi connectivity index (χ2n) is 7.57. The Bertz CT molecular complexity index is 818. The van der Waals surface area contributed by atoms with Crippen molar-refractivity contribution in [3.8, 4) is 0 Å². The molecular formula is C22H30NO6P. The molecule has 1 aliphatic rings. The van der Waals surface area contributed by atoms with Crippen LogP contribution >= 0.6 is 7.82 Å². The van der Waals surface area contributed by atoms with E-state index in [1.54, 1.807) is 0 Å². The molecule has 1 fully saturated rings. The average molecular weight is 435 g/mol. The van der Waals surface area contributed by atoms with Crippen molar-refractivity contribution in [1.82, 2.24) is 4.90 Å². The van der Waals surface area contributed by atoms with Gasteiger partial charge in [-0.05, 0) is 31.9 Å². The lowest BCUT2D eigenvalue weighted by molar-refractivity contribution is 0.0549. The van der Waals surface area contributed by atoms with Gasteiger partial charge >= 0.3 is 7.82 Å². The molecule has 4 N–H and O–H groups in total. The Hall–Kier alpha value is -1.86. The number of piperidine rings is 1. The van der Waals surface area contributed by atoms with Crippen LogP contribution in [0.15, 0.2) is 60.7 Å². The molecule has 1 heterocycles. The predicted molar refractivity (Wildman–Crippen MR) is 115 cm³/mol. The highest BCUT2D eigenvalue weighted by Gasteiger charge is 2.30. The molecule has 1 saturated heterocycles. The van der Waals surface area contributed by atoms with Gasteiger partial charge < -0.3 is 19.8 Å². The zero-order chi connectivity index (χ0) is 22.1. The lowest BCUT2D eigenvalue weighted by Crippen LogP contribution is -2.45. The summed E-state index contributed by atoms with van der Waals surface area (Å²) < 4.78 is 8.88. The summed E-state index contributed by atoms with van der Waals surface area (Å²) in [4.78, 5) is 36.4.